The smallest absolute Gasteiger partial charge is 0.246 e. The minimum atomic E-state index is -4.32. The summed E-state index contributed by atoms with van der Waals surface area (Å²) in [5.41, 5.74) is 0. The van der Waals surface area contributed by atoms with Gasteiger partial charge in [-0.2, -0.15) is 0 Å². The number of hydrogen-bond acceptors (Lipinski definition) is 3. The maximum atomic E-state index is 13.4. The van der Waals surface area contributed by atoms with Gasteiger partial charge in [-0.15, -0.1) is 0 Å². The zero-order valence-electron chi connectivity index (χ0n) is 9.92. The highest BCUT2D eigenvalue weighted by Gasteiger charge is 2.26. The number of sulfonamides is 1. The quantitative estimate of drug-likeness (QED) is 0.871. The van der Waals surface area contributed by atoms with Gasteiger partial charge in [0.15, 0.2) is 4.90 Å². The van der Waals surface area contributed by atoms with Gasteiger partial charge in [0.1, 0.15) is 17.5 Å². The second-order valence-electron chi connectivity index (χ2n) is 4.41. The van der Waals surface area contributed by atoms with Gasteiger partial charge in [0, 0.05) is 18.7 Å². The summed E-state index contributed by atoms with van der Waals surface area (Å²) >= 11 is 0. The molecule has 1 aromatic carbocycles. The van der Waals surface area contributed by atoms with Crippen LogP contribution in [0.25, 0.3) is 0 Å². The minimum Gasteiger partial charge on any atom is -0.316 e. The van der Waals surface area contributed by atoms with Crippen LogP contribution in [0.3, 0.4) is 0 Å². The molecule has 0 spiro atoms. The van der Waals surface area contributed by atoms with Crippen LogP contribution >= 0.6 is 0 Å². The molecule has 0 radical (unpaired) electrons. The summed E-state index contributed by atoms with van der Waals surface area (Å²) < 4.78 is 65.3. The van der Waals surface area contributed by atoms with Gasteiger partial charge in [0.05, 0.1) is 0 Å². The molecule has 106 valence electrons. The second-order valence-corrected chi connectivity index (χ2v) is 6.11. The van der Waals surface area contributed by atoms with Crippen LogP contribution < -0.4 is 10.0 Å². The van der Waals surface area contributed by atoms with E-state index in [9.17, 15) is 21.6 Å². The molecule has 1 heterocycles. The van der Waals surface area contributed by atoms with E-state index >= 15 is 0 Å². The summed E-state index contributed by atoms with van der Waals surface area (Å²) in [5.74, 6) is -3.95. The molecule has 1 aliphatic rings. The third-order valence-corrected chi connectivity index (χ3v) is 4.43. The lowest BCUT2D eigenvalue weighted by atomic mass is 10.1. The van der Waals surface area contributed by atoms with Crippen molar-refractivity contribution in [2.45, 2.75) is 11.3 Å². The molecular weight excluding hydrogens is 281 g/mol. The first-order valence-electron chi connectivity index (χ1n) is 5.75. The summed E-state index contributed by atoms with van der Waals surface area (Å²) in [5, 5.41) is 3.05. The van der Waals surface area contributed by atoms with Crippen LogP contribution in [0.4, 0.5) is 13.2 Å². The van der Waals surface area contributed by atoms with Crippen molar-refractivity contribution in [1.82, 2.24) is 10.0 Å². The van der Waals surface area contributed by atoms with Crippen LogP contribution in [0.2, 0.25) is 0 Å². The first-order valence-corrected chi connectivity index (χ1v) is 7.23. The summed E-state index contributed by atoms with van der Waals surface area (Å²) in [6.07, 6.45) is 0.789. The van der Waals surface area contributed by atoms with Crippen molar-refractivity contribution < 1.29 is 21.6 Å². The number of hydrogen-bond donors (Lipinski definition) is 2. The van der Waals surface area contributed by atoms with Crippen molar-refractivity contribution in [2.24, 2.45) is 5.92 Å². The van der Waals surface area contributed by atoms with Gasteiger partial charge in [-0.05, 0) is 25.4 Å². The van der Waals surface area contributed by atoms with Gasteiger partial charge >= 0.3 is 0 Å². The molecule has 0 aromatic heterocycles. The van der Waals surface area contributed by atoms with E-state index in [2.05, 4.69) is 10.0 Å². The highest BCUT2D eigenvalue weighted by Crippen LogP contribution is 2.20. The number of rotatable bonds is 4. The van der Waals surface area contributed by atoms with Gasteiger partial charge < -0.3 is 5.32 Å². The molecule has 0 saturated carbocycles. The van der Waals surface area contributed by atoms with Crippen LogP contribution in [0, 0.1) is 23.4 Å². The first kappa shape index (κ1) is 14.3. The average Bonchev–Trinajstić information content (AvgIpc) is 2.77. The molecule has 1 aromatic rings. The maximum Gasteiger partial charge on any atom is 0.246 e. The number of benzene rings is 1. The van der Waals surface area contributed by atoms with Crippen molar-refractivity contribution in [3.05, 3.63) is 29.6 Å². The molecule has 2 rings (SSSR count). The Morgan fingerprint density at radius 1 is 1.26 bits per heavy atom. The fraction of sp³-hybridized carbons (Fsp3) is 0.455. The average molecular weight is 294 g/mol. The van der Waals surface area contributed by atoms with E-state index in [1.807, 2.05) is 0 Å². The highest BCUT2D eigenvalue weighted by molar-refractivity contribution is 7.89. The Morgan fingerprint density at radius 3 is 2.42 bits per heavy atom. The molecule has 1 fully saturated rings. The number of nitrogens with one attached hydrogen (secondary N) is 2. The van der Waals surface area contributed by atoms with Crippen molar-refractivity contribution in [3.8, 4) is 0 Å². The Hall–Kier alpha value is -1.12. The SMILES string of the molecule is O=S(=O)(NCC1CCNC1)c1c(F)cc(F)cc1F. The van der Waals surface area contributed by atoms with E-state index in [1.54, 1.807) is 0 Å². The van der Waals surface area contributed by atoms with Crippen molar-refractivity contribution >= 4 is 10.0 Å². The monoisotopic (exact) mass is 294 g/mol. The van der Waals surface area contributed by atoms with Crippen molar-refractivity contribution in [2.75, 3.05) is 19.6 Å². The largest absolute Gasteiger partial charge is 0.316 e. The third kappa shape index (κ3) is 3.26. The van der Waals surface area contributed by atoms with Crippen LogP contribution in [-0.4, -0.2) is 28.1 Å². The van der Waals surface area contributed by atoms with E-state index in [0.717, 1.165) is 13.0 Å². The van der Waals surface area contributed by atoms with Crippen LogP contribution in [0.1, 0.15) is 6.42 Å². The number of halogens is 3. The Bertz CT molecular complexity index is 548. The Balaban J connectivity index is 2.19. The second kappa shape index (κ2) is 5.48. The van der Waals surface area contributed by atoms with E-state index in [-0.39, 0.29) is 12.5 Å². The van der Waals surface area contributed by atoms with Gasteiger partial charge in [-0.25, -0.2) is 26.3 Å². The summed E-state index contributed by atoms with van der Waals surface area (Å²) in [4.78, 5) is -1.14. The standard InChI is InChI=1S/C11H13F3N2O2S/c12-8-3-9(13)11(10(14)4-8)19(17,18)16-6-7-1-2-15-5-7/h3-4,7,15-16H,1-2,5-6H2. The lowest BCUT2D eigenvalue weighted by molar-refractivity contribution is 0.488. The van der Waals surface area contributed by atoms with Gasteiger partial charge in [0.25, 0.3) is 0 Å². The predicted molar refractivity (Wildman–Crippen MR) is 62.5 cm³/mol. The fourth-order valence-corrected chi connectivity index (χ4v) is 3.20. The van der Waals surface area contributed by atoms with E-state index < -0.39 is 32.4 Å². The molecule has 1 saturated heterocycles. The molecular formula is C11H13F3N2O2S. The zero-order valence-corrected chi connectivity index (χ0v) is 10.7. The molecule has 0 bridgehead atoms. The van der Waals surface area contributed by atoms with Gasteiger partial charge in [0.2, 0.25) is 10.0 Å². The molecule has 1 unspecified atom stereocenters. The molecule has 1 atom stereocenters. The molecule has 0 aliphatic carbocycles. The minimum absolute atomic E-state index is 0.0846. The topological polar surface area (TPSA) is 58.2 Å². The lowest BCUT2D eigenvalue weighted by Gasteiger charge is -2.12. The van der Waals surface area contributed by atoms with Crippen LogP contribution in [0.15, 0.2) is 17.0 Å². The highest BCUT2D eigenvalue weighted by atomic mass is 32.2. The van der Waals surface area contributed by atoms with Crippen LogP contribution in [0.5, 0.6) is 0 Å². The molecule has 8 heteroatoms. The van der Waals surface area contributed by atoms with E-state index in [0.29, 0.717) is 18.7 Å². The van der Waals surface area contributed by atoms with Crippen molar-refractivity contribution in [3.63, 3.8) is 0 Å². The molecule has 1 aliphatic heterocycles. The van der Waals surface area contributed by atoms with Gasteiger partial charge in [-0.1, -0.05) is 0 Å². The maximum absolute atomic E-state index is 13.4. The Kier molecular flexibility index (Phi) is 4.12. The molecule has 19 heavy (non-hydrogen) atoms. The Labute approximate surface area is 109 Å². The molecule has 4 nitrogen and oxygen atoms in total. The van der Waals surface area contributed by atoms with Gasteiger partial charge in [-0.3, -0.25) is 0 Å². The van der Waals surface area contributed by atoms with E-state index in [1.165, 1.54) is 0 Å². The summed E-state index contributed by atoms with van der Waals surface area (Å²) in [6, 6.07) is 0.684. The first-order chi connectivity index (χ1) is 8.90. The molecule has 2 N–H and O–H groups in total. The molecule has 0 amide bonds. The third-order valence-electron chi connectivity index (χ3n) is 2.96. The predicted octanol–water partition coefficient (Wildman–Crippen LogP) is 0.992. The lowest BCUT2D eigenvalue weighted by Crippen LogP contribution is -2.31. The van der Waals surface area contributed by atoms with Crippen molar-refractivity contribution in [1.29, 1.82) is 0 Å². The summed E-state index contributed by atoms with van der Waals surface area (Å²) in [7, 11) is -4.32. The van der Waals surface area contributed by atoms with E-state index in [4.69, 9.17) is 0 Å². The van der Waals surface area contributed by atoms with Crippen LogP contribution in [-0.2, 0) is 10.0 Å². The zero-order chi connectivity index (χ0) is 14.0. The summed E-state index contributed by atoms with van der Waals surface area (Å²) in [6.45, 7) is 1.52. The fourth-order valence-electron chi connectivity index (χ4n) is 1.97. The Morgan fingerprint density at radius 2 is 1.89 bits per heavy atom. The normalized spacial score (nSPS) is 19.8.